The molecule has 2 aromatic carbocycles. The molecular formula is C26H32Cl2N4O2. The van der Waals surface area contributed by atoms with Crippen molar-refractivity contribution in [1.29, 1.82) is 0 Å². The van der Waals surface area contributed by atoms with E-state index in [9.17, 15) is 9.59 Å². The minimum atomic E-state index is -0.797. The first-order valence-corrected chi connectivity index (χ1v) is 12.3. The summed E-state index contributed by atoms with van der Waals surface area (Å²) in [5, 5.41) is 0.967. The van der Waals surface area contributed by atoms with E-state index in [0.717, 1.165) is 5.56 Å². The second-order valence-corrected chi connectivity index (χ2v) is 10.2. The molecule has 1 heterocycles. The molecule has 0 aliphatic rings. The standard InChI is InChI=1S/C26H32Cl2N4O2/c1-17(2)22(31(13-12-29)25(34)26(3,4)16-27)23-30-21-14-19(28)10-11-20(21)24(33)32(23)15-18-8-6-5-7-9-18/h5-11,14,17,22H,12-13,15-16,29H2,1-4H3. The number of fused-ring (bicyclic) bond motifs is 1. The molecule has 1 amide bonds. The number of rotatable bonds is 9. The van der Waals surface area contributed by atoms with E-state index >= 15 is 0 Å². The predicted octanol–water partition coefficient (Wildman–Crippen LogP) is 4.85. The predicted molar refractivity (Wildman–Crippen MR) is 139 cm³/mol. The van der Waals surface area contributed by atoms with Gasteiger partial charge in [-0.15, -0.1) is 11.6 Å². The van der Waals surface area contributed by atoms with E-state index in [1.807, 2.05) is 58.0 Å². The van der Waals surface area contributed by atoms with Crippen molar-refractivity contribution in [2.45, 2.75) is 40.3 Å². The molecule has 2 N–H and O–H groups in total. The molecule has 0 saturated carbocycles. The maximum Gasteiger partial charge on any atom is 0.261 e. The molecule has 0 fully saturated rings. The number of amides is 1. The maximum atomic E-state index is 13.7. The third-order valence-corrected chi connectivity index (χ3v) is 6.81. The first kappa shape index (κ1) is 26.2. The van der Waals surface area contributed by atoms with Gasteiger partial charge in [-0.1, -0.05) is 55.8 Å². The minimum absolute atomic E-state index is 0.0489. The van der Waals surface area contributed by atoms with E-state index in [-0.39, 0.29) is 29.8 Å². The Balaban J connectivity index is 2.30. The first-order chi connectivity index (χ1) is 16.1. The van der Waals surface area contributed by atoms with Crippen molar-refractivity contribution in [3.8, 4) is 0 Å². The molecule has 34 heavy (non-hydrogen) atoms. The molecule has 0 saturated heterocycles. The van der Waals surface area contributed by atoms with Gasteiger partial charge >= 0.3 is 0 Å². The molecule has 1 atom stereocenters. The Labute approximate surface area is 210 Å². The molecule has 0 aliphatic carbocycles. The van der Waals surface area contributed by atoms with E-state index in [0.29, 0.717) is 34.8 Å². The molecular weight excluding hydrogens is 471 g/mol. The fourth-order valence-corrected chi connectivity index (χ4v) is 4.39. The number of aromatic nitrogens is 2. The van der Waals surface area contributed by atoms with Crippen molar-refractivity contribution in [3.05, 3.63) is 75.3 Å². The average Bonchev–Trinajstić information content (AvgIpc) is 2.80. The highest BCUT2D eigenvalue weighted by molar-refractivity contribution is 6.31. The van der Waals surface area contributed by atoms with Gasteiger partial charge in [0.05, 0.1) is 28.9 Å². The van der Waals surface area contributed by atoms with Gasteiger partial charge in [0.1, 0.15) is 5.82 Å². The van der Waals surface area contributed by atoms with Crippen LogP contribution in [0.1, 0.15) is 45.1 Å². The number of carbonyl (C=O) groups is 1. The van der Waals surface area contributed by atoms with Crippen LogP contribution >= 0.6 is 23.2 Å². The van der Waals surface area contributed by atoms with Gasteiger partial charge in [-0.2, -0.15) is 0 Å². The summed E-state index contributed by atoms with van der Waals surface area (Å²) in [5.74, 6) is 0.492. The van der Waals surface area contributed by atoms with Crippen molar-refractivity contribution in [3.63, 3.8) is 0 Å². The Morgan fingerprint density at radius 1 is 1.18 bits per heavy atom. The third kappa shape index (κ3) is 5.45. The highest BCUT2D eigenvalue weighted by Gasteiger charge is 2.38. The average molecular weight is 503 g/mol. The van der Waals surface area contributed by atoms with Crippen molar-refractivity contribution >= 4 is 40.0 Å². The van der Waals surface area contributed by atoms with Crippen molar-refractivity contribution in [2.24, 2.45) is 17.1 Å². The molecule has 8 heteroatoms. The lowest BCUT2D eigenvalue weighted by atomic mass is 9.91. The van der Waals surface area contributed by atoms with Crippen molar-refractivity contribution < 1.29 is 4.79 Å². The molecule has 3 rings (SSSR count). The van der Waals surface area contributed by atoms with Crippen LogP contribution in [-0.4, -0.2) is 39.3 Å². The Morgan fingerprint density at radius 2 is 1.85 bits per heavy atom. The van der Waals surface area contributed by atoms with Crippen LogP contribution in [0.15, 0.2) is 53.3 Å². The molecule has 182 valence electrons. The monoisotopic (exact) mass is 502 g/mol. The Kier molecular flexibility index (Phi) is 8.39. The number of halogens is 2. The number of benzene rings is 2. The Bertz CT molecular complexity index is 1210. The van der Waals surface area contributed by atoms with Gasteiger partial charge in [0, 0.05) is 24.0 Å². The van der Waals surface area contributed by atoms with E-state index in [2.05, 4.69) is 0 Å². The second kappa shape index (κ2) is 10.9. The van der Waals surface area contributed by atoms with E-state index in [1.165, 1.54) is 0 Å². The van der Waals surface area contributed by atoms with Crippen LogP contribution < -0.4 is 11.3 Å². The number of carbonyl (C=O) groups excluding carboxylic acids is 1. The number of nitrogens with two attached hydrogens (primary N) is 1. The topological polar surface area (TPSA) is 81.2 Å². The molecule has 6 nitrogen and oxygen atoms in total. The molecule has 0 aliphatic heterocycles. The van der Waals surface area contributed by atoms with Crippen LogP contribution in [0.25, 0.3) is 10.9 Å². The summed E-state index contributed by atoms with van der Waals surface area (Å²) in [6.07, 6.45) is 0. The van der Waals surface area contributed by atoms with Crippen molar-refractivity contribution in [1.82, 2.24) is 14.5 Å². The van der Waals surface area contributed by atoms with Gasteiger partial charge in [0.15, 0.2) is 0 Å². The highest BCUT2D eigenvalue weighted by atomic mass is 35.5. The normalized spacial score (nSPS) is 12.8. The zero-order valence-corrected chi connectivity index (χ0v) is 21.6. The lowest BCUT2D eigenvalue weighted by Gasteiger charge is -2.39. The minimum Gasteiger partial charge on any atom is -0.330 e. The lowest BCUT2D eigenvalue weighted by molar-refractivity contribution is -0.143. The summed E-state index contributed by atoms with van der Waals surface area (Å²) in [7, 11) is 0. The van der Waals surface area contributed by atoms with E-state index < -0.39 is 11.5 Å². The van der Waals surface area contributed by atoms with Crippen LogP contribution in [0, 0.1) is 11.3 Å². The quantitative estimate of drug-likeness (QED) is 0.424. The maximum absolute atomic E-state index is 13.7. The fraction of sp³-hybridized carbons (Fsp3) is 0.423. The summed E-state index contributed by atoms with van der Waals surface area (Å²) in [6.45, 7) is 8.56. The number of hydrogen-bond acceptors (Lipinski definition) is 4. The first-order valence-electron chi connectivity index (χ1n) is 11.4. The molecule has 3 aromatic rings. The summed E-state index contributed by atoms with van der Waals surface area (Å²) >= 11 is 12.4. The van der Waals surface area contributed by atoms with Crippen LogP contribution in [0.5, 0.6) is 0 Å². The molecule has 1 aromatic heterocycles. The summed E-state index contributed by atoms with van der Waals surface area (Å²) in [6, 6.07) is 14.3. The summed E-state index contributed by atoms with van der Waals surface area (Å²) in [5.41, 5.74) is 6.42. The number of hydrogen-bond donors (Lipinski definition) is 1. The van der Waals surface area contributed by atoms with E-state index in [1.54, 1.807) is 27.7 Å². The molecule has 0 bridgehead atoms. The zero-order valence-electron chi connectivity index (χ0n) is 20.1. The van der Waals surface area contributed by atoms with Gasteiger partial charge in [-0.25, -0.2) is 4.98 Å². The third-order valence-electron chi connectivity index (χ3n) is 5.91. The van der Waals surface area contributed by atoms with E-state index in [4.69, 9.17) is 33.9 Å². The molecule has 1 unspecified atom stereocenters. The van der Waals surface area contributed by atoms with Crippen LogP contribution in [0.4, 0.5) is 0 Å². The van der Waals surface area contributed by atoms with Gasteiger partial charge < -0.3 is 10.6 Å². The van der Waals surface area contributed by atoms with Crippen LogP contribution in [0.2, 0.25) is 5.02 Å². The van der Waals surface area contributed by atoms with Gasteiger partial charge in [0.25, 0.3) is 5.56 Å². The summed E-state index contributed by atoms with van der Waals surface area (Å²) in [4.78, 5) is 34.0. The SMILES string of the molecule is CC(C)C(c1nc2cc(Cl)ccc2c(=O)n1Cc1ccccc1)N(CCN)C(=O)C(C)(C)CCl. The van der Waals surface area contributed by atoms with Gasteiger partial charge in [0.2, 0.25) is 5.91 Å². The number of nitrogens with zero attached hydrogens (tertiary/aromatic N) is 3. The fourth-order valence-electron chi connectivity index (χ4n) is 4.11. The van der Waals surface area contributed by atoms with Crippen LogP contribution in [0.3, 0.4) is 0 Å². The Morgan fingerprint density at radius 3 is 2.44 bits per heavy atom. The largest absolute Gasteiger partial charge is 0.330 e. The molecule has 0 radical (unpaired) electrons. The smallest absolute Gasteiger partial charge is 0.261 e. The van der Waals surface area contributed by atoms with Gasteiger partial charge in [-0.3, -0.25) is 14.2 Å². The summed E-state index contributed by atoms with van der Waals surface area (Å²) < 4.78 is 1.67. The van der Waals surface area contributed by atoms with Crippen molar-refractivity contribution in [2.75, 3.05) is 19.0 Å². The van der Waals surface area contributed by atoms with Crippen LogP contribution in [-0.2, 0) is 11.3 Å². The molecule has 0 spiro atoms. The second-order valence-electron chi connectivity index (χ2n) is 9.50. The highest BCUT2D eigenvalue weighted by Crippen LogP contribution is 2.33. The zero-order chi connectivity index (χ0) is 25.0. The van der Waals surface area contributed by atoms with Gasteiger partial charge in [-0.05, 0) is 43.5 Å². The Hall–Kier alpha value is -2.41. The lowest BCUT2D eigenvalue weighted by Crippen LogP contribution is -2.49. The number of alkyl halides is 1.